The highest BCUT2D eigenvalue weighted by Crippen LogP contribution is 2.16. The first kappa shape index (κ1) is 14.4. The molecule has 0 aromatic carbocycles. The van der Waals surface area contributed by atoms with Crippen molar-refractivity contribution >= 4 is 5.91 Å². The Bertz CT molecular complexity index is 265. The molecular weight excluding hydrogens is 218 g/mol. The normalized spacial score (nSPS) is 19.1. The van der Waals surface area contributed by atoms with Crippen LogP contribution in [0.2, 0.25) is 0 Å². The SMILES string of the molecule is CC(C)(C)ONC(=O)C(C)(C)N1CCNCC1. The molecule has 1 fully saturated rings. The van der Waals surface area contributed by atoms with Crippen molar-refractivity contribution < 1.29 is 9.63 Å². The third-order valence-electron chi connectivity index (χ3n) is 2.91. The Balaban J connectivity index is 2.53. The van der Waals surface area contributed by atoms with E-state index in [9.17, 15) is 4.79 Å². The van der Waals surface area contributed by atoms with Crippen LogP contribution in [0.15, 0.2) is 0 Å². The van der Waals surface area contributed by atoms with E-state index in [-0.39, 0.29) is 11.5 Å². The minimum Gasteiger partial charge on any atom is -0.314 e. The maximum Gasteiger partial charge on any atom is 0.263 e. The molecule has 1 aliphatic heterocycles. The number of nitrogens with one attached hydrogen (secondary N) is 2. The molecular formula is C12H25N3O2. The van der Waals surface area contributed by atoms with Crippen LogP contribution < -0.4 is 10.8 Å². The van der Waals surface area contributed by atoms with Crippen molar-refractivity contribution in [3.05, 3.63) is 0 Å². The van der Waals surface area contributed by atoms with Crippen LogP contribution in [0.3, 0.4) is 0 Å². The van der Waals surface area contributed by atoms with Crippen LogP contribution >= 0.6 is 0 Å². The molecule has 17 heavy (non-hydrogen) atoms. The van der Waals surface area contributed by atoms with Gasteiger partial charge in [0.1, 0.15) is 0 Å². The summed E-state index contributed by atoms with van der Waals surface area (Å²) in [4.78, 5) is 19.6. The summed E-state index contributed by atoms with van der Waals surface area (Å²) in [5.74, 6) is -0.0886. The van der Waals surface area contributed by atoms with Gasteiger partial charge in [0.05, 0.1) is 11.1 Å². The molecule has 0 aromatic rings. The molecule has 1 amide bonds. The van der Waals surface area contributed by atoms with Gasteiger partial charge in [-0.3, -0.25) is 14.5 Å². The van der Waals surface area contributed by atoms with Crippen LogP contribution in [0.1, 0.15) is 34.6 Å². The van der Waals surface area contributed by atoms with Gasteiger partial charge in [0.25, 0.3) is 5.91 Å². The van der Waals surface area contributed by atoms with Crippen molar-refractivity contribution in [2.75, 3.05) is 26.2 Å². The molecule has 100 valence electrons. The Labute approximate surface area is 104 Å². The van der Waals surface area contributed by atoms with E-state index in [2.05, 4.69) is 15.7 Å². The van der Waals surface area contributed by atoms with Crippen LogP contribution in [0, 0.1) is 0 Å². The Kier molecular flexibility index (Phi) is 4.52. The van der Waals surface area contributed by atoms with Crippen molar-refractivity contribution in [1.29, 1.82) is 0 Å². The number of rotatable bonds is 3. The van der Waals surface area contributed by atoms with E-state index < -0.39 is 5.54 Å². The first-order chi connectivity index (χ1) is 7.73. The molecule has 2 N–H and O–H groups in total. The second-order valence-corrected chi connectivity index (χ2v) is 5.94. The number of piperazine rings is 1. The number of carbonyl (C=O) groups excluding carboxylic acids is 1. The number of hydroxylamine groups is 1. The molecule has 0 aromatic heterocycles. The van der Waals surface area contributed by atoms with Gasteiger partial charge in [-0.15, -0.1) is 0 Å². The fraction of sp³-hybridized carbons (Fsp3) is 0.917. The second kappa shape index (κ2) is 5.33. The van der Waals surface area contributed by atoms with E-state index in [0.29, 0.717) is 0 Å². The third-order valence-corrected chi connectivity index (χ3v) is 2.91. The van der Waals surface area contributed by atoms with Gasteiger partial charge in [-0.05, 0) is 34.6 Å². The number of hydrogen-bond donors (Lipinski definition) is 2. The van der Waals surface area contributed by atoms with Crippen LogP contribution in [-0.2, 0) is 9.63 Å². The molecule has 0 saturated carbocycles. The molecule has 0 aliphatic carbocycles. The number of carbonyl (C=O) groups is 1. The molecule has 0 radical (unpaired) electrons. The average molecular weight is 243 g/mol. The molecule has 1 rings (SSSR count). The first-order valence-electron chi connectivity index (χ1n) is 6.18. The van der Waals surface area contributed by atoms with E-state index in [1.807, 2.05) is 34.6 Å². The molecule has 1 saturated heterocycles. The zero-order chi connectivity index (χ0) is 13.1. The van der Waals surface area contributed by atoms with Crippen LogP contribution in [0.4, 0.5) is 0 Å². The minimum absolute atomic E-state index is 0.0886. The molecule has 0 spiro atoms. The van der Waals surface area contributed by atoms with Gasteiger partial charge in [0, 0.05) is 26.2 Å². The average Bonchev–Trinajstić information content (AvgIpc) is 2.26. The molecule has 0 bridgehead atoms. The zero-order valence-electron chi connectivity index (χ0n) is 11.6. The summed E-state index contributed by atoms with van der Waals surface area (Å²) >= 11 is 0. The van der Waals surface area contributed by atoms with E-state index in [1.165, 1.54) is 0 Å². The van der Waals surface area contributed by atoms with Gasteiger partial charge in [-0.2, -0.15) is 0 Å². The lowest BCUT2D eigenvalue weighted by Gasteiger charge is -2.40. The van der Waals surface area contributed by atoms with Crippen molar-refractivity contribution in [1.82, 2.24) is 15.7 Å². The summed E-state index contributed by atoms with van der Waals surface area (Å²) in [5.41, 5.74) is 1.66. The predicted octanol–water partition coefficient (Wildman–Crippen LogP) is 0.517. The summed E-state index contributed by atoms with van der Waals surface area (Å²) < 4.78 is 0. The number of hydrogen-bond acceptors (Lipinski definition) is 4. The first-order valence-corrected chi connectivity index (χ1v) is 6.18. The Morgan fingerprint density at radius 2 is 1.71 bits per heavy atom. The van der Waals surface area contributed by atoms with Crippen molar-refractivity contribution in [2.24, 2.45) is 0 Å². The highest BCUT2D eigenvalue weighted by Gasteiger charge is 2.35. The lowest BCUT2D eigenvalue weighted by Crippen LogP contribution is -2.60. The topological polar surface area (TPSA) is 53.6 Å². The summed E-state index contributed by atoms with van der Waals surface area (Å²) in [6.45, 7) is 13.2. The van der Waals surface area contributed by atoms with Crippen LogP contribution in [0.5, 0.6) is 0 Å². The van der Waals surface area contributed by atoms with E-state index in [4.69, 9.17) is 4.84 Å². The van der Waals surface area contributed by atoms with E-state index >= 15 is 0 Å². The lowest BCUT2D eigenvalue weighted by atomic mass is 10.0. The largest absolute Gasteiger partial charge is 0.314 e. The Morgan fingerprint density at radius 3 is 2.18 bits per heavy atom. The molecule has 1 heterocycles. The molecule has 0 atom stereocenters. The summed E-state index contributed by atoms with van der Waals surface area (Å²) in [7, 11) is 0. The van der Waals surface area contributed by atoms with Gasteiger partial charge in [0.15, 0.2) is 0 Å². The van der Waals surface area contributed by atoms with Crippen molar-refractivity contribution in [3.8, 4) is 0 Å². The van der Waals surface area contributed by atoms with E-state index in [0.717, 1.165) is 26.2 Å². The quantitative estimate of drug-likeness (QED) is 0.710. The van der Waals surface area contributed by atoms with Crippen molar-refractivity contribution in [2.45, 2.75) is 45.8 Å². The fourth-order valence-corrected chi connectivity index (χ4v) is 1.69. The monoisotopic (exact) mass is 243 g/mol. The molecule has 5 nitrogen and oxygen atoms in total. The molecule has 0 unspecified atom stereocenters. The van der Waals surface area contributed by atoms with E-state index in [1.54, 1.807) is 0 Å². The summed E-state index contributed by atoms with van der Waals surface area (Å²) in [5, 5.41) is 3.28. The zero-order valence-corrected chi connectivity index (χ0v) is 11.6. The highest BCUT2D eigenvalue weighted by atomic mass is 16.7. The van der Waals surface area contributed by atoms with Gasteiger partial charge in [-0.25, -0.2) is 5.48 Å². The third kappa shape index (κ3) is 4.26. The predicted molar refractivity (Wildman–Crippen MR) is 67.5 cm³/mol. The summed E-state index contributed by atoms with van der Waals surface area (Å²) in [6, 6.07) is 0. The number of nitrogens with zero attached hydrogens (tertiary/aromatic N) is 1. The van der Waals surface area contributed by atoms with Gasteiger partial charge in [0.2, 0.25) is 0 Å². The van der Waals surface area contributed by atoms with Gasteiger partial charge >= 0.3 is 0 Å². The minimum atomic E-state index is -0.534. The number of amides is 1. The highest BCUT2D eigenvalue weighted by molar-refractivity contribution is 5.84. The maximum atomic E-state index is 12.1. The fourth-order valence-electron chi connectivity index (χ4n) is 1.69. The van der Waals surface area contributed by atoms with Crippen LogP contribution in [-0.4, -0.2) is 48.1 Å². The van der Waals surface area contributed by atoms with Crippen LogP contribution in [0.25, 0.3) is 0 Å². The summed E-state index contributed by atoms with van der Waals surface area (Å²) in [6.07, 6.45) is 0. The maximum absolute atomic E-state index is 12.1. The second-order valence-electron chi connectivity index (χ2n) is 5.94. The Hall–Kier alpha value is -0.650. The molecule has 1 aliphatic rings. The Morgan fingerprint density at radius 1 is 1.18 bits per heavy atom. The smallest absolute Gasteiger partial charge is 0.263 e. The van der Waals surface area contributed by atoms with Gasteiger partial charge < -0.3 is 5.32 Å². The van der Waals surface area contributed by atoms with Gasteiger partial charge in [-0.1, -0.05) is 0 Å². The van der Waals surface area contributed by atoms with Crippen molar-refractivity contribution in [3.63, 3.8) is 0 Å². The lowest BCUT2D eigenvalue weighted by molar-refractivity contribution is -0.156. The standard InChI is InChI=1S/C12H25N3O2/c1-11(2,3)17-14-10(16)12(4,5)15-8-6-13-7-9-15/h13H,6-9H2,1-5H3,(H,14,16). The molecule has 5 heteroatoms.